The lowest BCUT2D eigenvalue weighted by atomic mass is 9.83. The van der Waals surface area contributed by atoms with Crippen LogP contribution in [0.25, 0.3) is 0 Å². The molecule has 0 spiro atoms. The molecule has 0 N–H and O–H groups in total. The number of para-hydroxylation sites is 1. The molecule has 1 atom stereocenters. The molecule has 2 amide bonds. The fourth-order valence-corrected chi connectivity index (χ4v) is 5.68. The van der Waals surface area contributed by atoms with Crippen molar-refractivity contribution >= 4 is 23.5 Å². The third-order valence-electron chi connectivity index (χ3n) is 7.90. The number of ether oxygens (including phenoxy) is 1. The molecule has 1 unspecified atom stereocenters. The van der Waals surface area contributed by atoms with Crippen LogP contribution in [0.4, 0.5) is 14.5 Å². The zero-order valence-corrected chi connectivity index (χ0v) is 23.7. The maximum absolute atomic E-state index is 14.7. The van der Waals surface area contributed by atoms with Crippen LogP contribution < -0.4 is 4.90 Å². The number of allylic oxidation sites excluding steroid dienone is 1. The Morgan fingerprint density at radius 1 is 0.881 bits per heavy atom. The van der Waals surface area contributed by atoms with Crippen LogP contribution in [0, 0.1) is 11.6 Å². The van der Waals surface area contributed by atoms with Gasteiger partial charge in [0.05, 0.1) is 24.4 Å². The number of hydrogen-bond donors (Lipinski definition) is 0. The molecule has 3 aromatic rings. The molecule has 0 radical (unpaired) electrons. The number of halogens is 2. The molecular formula is C33H33F2N3O4. The highest BCUT2D eigenvalue weighted by atomic mass is 19.1. The van der Waals surface area contributed by atoms with Crippen LogP contribution in [0.5, 0.6) is 0 Å². The summed E-state index contributed by atoms with van der Waals surface area (Å²) >= 11 is 0. The van der Waals surface area contributed by atoms with E-state index < -0.39 is 17.7 Å². The minimum atomic E-state index is -0.743. The lowest BCUT2D eigenvalue weighted by Gasteiger charge is -2.36. The second kappa shape index (κ2) is 12.5. The third-order valence-corrected chi connectivity index (χ3v) is 7.90. The summed E-state index contributed by atoms with van der Waals surface area (Å²) in [5.74, 6) is -2.42. The maximum atomic E-state index is 14.7. The van der Waals surface area contributed by atoms with Crippen LogP contribution >= 0.6 is 0 Å². The van der Waals surface area contributed by atoms with Gasteiger partial charge in [-0.15, -0.1) is 0 Å². The molecule has 0 bridgehead atoms. The summed E-state index contributed by atoms with van der Waals surface area (Å²) < 4.78 is 34.2. The normalized spacial score (nSPS) is 17.5. The topological polar surface area (TPSA) is 70.2 Å². The zero-order valence-electron chi connectivity index (χ0n) is 23.7. The Morgan fingerprint density at radius 3 is 2.17 bits per heavy atom. The van der Waals surface area contributed by atoms with Crippen molar-refractivity contribution < 1.29 is 27.9 Å². The minimum Gasteiger partial charge on any atom is -0.463 e. The summed E-state index contributed by atoms with van der Waals surface area (Å²) in [6.07, 6.45) is -0.0676. The second-order valence-electron chi connectivity index (χ2n) is 10.4. The highest BCUT2D eigenvalue weighted by molar-refractivity contribution is 5.96. The Morgan fingerprint density at radius 2 is 1.52 bits per heavy atom. The molecule has 42 heavy (non-hydrogen) atoms. The quantitative estimate of drug-likeness (QED) is 0.360. The molecule has 2 heterocycles. The standard InChI is InChI=1S/C33H33F2N3O4/c1-3-42-33(41)31-22(2)38(30(39)20-26(31)25-8-4-5-9-27(25)34)21-23-12-14-24(15-13-23)32(40)37-18-16-36(17-19-37)29-11-7-6-10-28(29)35/h4-15,26H,3,16-21H2,1-2H3. The Kier molecular flexibility index (Phi) is 8.66. The molecule has 218 valence electrons. The predicted octanol–water partition coefficient (Wildman–Crippen LogP) is 5.28. The summed E-state index contributed by atoms with van der Waals surface area (Å²) in [6, 6.07) is 19.8. The van der Waals surface area contributed by atoms with Crippen molar-refractivity contribution in [3.05, 3.63) is 112 Å². The zero-order chi connectivity index (χ0) is 29.8. The highest BCUT2D eigenvalue weighted by Crippen LogP contribution is 2.38. The molecule has 0 saturated carbocycles. The van der Waals surface area contributed by atoms with Gasteiger partial charge in [0, 0.05) is 49.8 Å². The Bertz CT molecular complexity index is 1510. The Balaban J connectivity index is 1.29. The number of benzene rings is 3. The van der Waals surface area contributed by atoms with Gasteiger partial charge in [0.15, 0.2) is 0 Å². The van der Waals surface area contributed by atoms with Crippen molar-refractivity contribution in [1.82, 2.24) is 9.80 Å². The van der Waals surface area contributed by atoms with E-state index in [9.17, 15) is 23.2 Å². The number of hydrogen-bond acceptors (Lipinski definition) is 5. The van der Waals surface area contributed by atoms with E-state index >= 15 is 0 Å². The lowest BCUT2D eigenvalue weighted by Crippen LogP contribution is -2.49. The summed E-state index contributed by atoms with van der Waals surface area (Å²) in [7, 11) is 0. The first-order valence-electron chi connectivity index (χ1n) is 14.1. The van der Waals surface area contributed by atoms with E-state index in [1.807, 2.05) is 4.90 Å². The Labute approximate surface area is 244 Å². The van der Waals surface area contributed by atoms with Gasteiger partial charge >= 0.3 is 5.97 Å². The van der Waals surface area contributed by atoms with Gasteiger partial charge in [-0.3, -0.25) is 9.59 Å². The lowest BCUT2D eigenvalue weighted by molar-refractivity contribution is -0.140. The summed E-state index contributed by atoms with van der Waals surface area (Å²) in [6.45, 7) is 5.73. The molecule has 0 aromatic heterocycles. The van der Waals surface area contributed by atoms with E-state index in [2.05, 4.69) is 0 Å². The van der Waals surface area contributed by atoms with Gasteiger partial charge < -0.3 is 19.4 Å². The summed E-state index contributed by atoms with van der Waals surface area (Å²) in [5, 5.41) is 0. The van der Waals surface area contributed by atoms with Gasteiger partial charge in [0.2, 0.25) is 5.91 Å². The summed E-state index contributed by atoms with van der Waals surface area (Å²) in [4.78, 5) is 44.7. The first kappa shape index (κ1) is 29.0. The van der Waals surface area contributed by atoms with E-state index in [0.717, 1.165) is 5.56 Å². The smallest absolute Gasteiger partial charge is 0.336 e. The van der Waals surface area contributed by atoms with Crippen molar-refractivity contribution in [3.63, 3.8) is 0 Å². The van der Waals surface area contributed by atoms with Gasteiger partial charge in [-0.1, -0.05) is 42.5 Å². The molecule has 1 fully saturated rings. The number of nitrogens with zero attached hydrogens (tertiary/aromatic N) is 3. The van der Waals surface area contributed by atoms with Crippen LogP contribution in [0.3, 0.4) is 0 Å². The van der Waals surface area contributed by atoms with E-state index in [0.29, 0.717) is 43.1 Å². The van der Waals surface area contributed by atoms with Crippen molar-refractivity contribution in [2.24, 2.45) is 0 Å². The molecule has 7 nitrogen and oxygen atoms in total. The van der Waals surface area contributed by atoms with E-state index in [-0.39, 0.29) is 48.3 Å². The molecule has 3 aromatic carbocycles. The molecule has 1 saturated heterocycles. The fraction of sp³-hybridized carbons (Fsp3) is 0.303. The van der Waals surface area contributed by atoms with E-state index in [1.165, 1.54) is 17.0 Å². The van der Waals surface area contributed by atoms with Crippen molar-refractivity contribution in [2.75, 3.05) is 37.7 Å². The maximum Gasteiger partial charge on any atom is 0.336 e. The first-order valence-corrected chi connectivity index (χ1v) is 14.1. The van der Waals surface area contributed by atoms with Crippen molar-refractivity contribution in [3.8, 4) is 0 Å². The predicted molar refractivity (Wildman–Crippen MR) is 155 cm³/mol. The molecule has 2 aliphatic rings. The minimum absolute atomic E-state index is 0.0676. The molecular weight excluding hydrogens is 540 g/mol. The van der Waals surface area contributed by atoms with Crippen LogP contribution in [0.15, 0.2) is 84.1 Å². The number of rotatable bonds is 7. The number of piperazine rings is 1. The fourth-order valence-electron chi connectivity index (χ4n) is 5.68. The second-order valence-corrected chi connectivity index (χ2v) is 10.4. The van der Waals surface area contributed by atoms with E-state index in [4.69, 9.17) is 4.74 Å². The van der Waals surface area contributed by atoms with Gasteiger partial charge in [0.1, 0.15) is 11.6 Å². The van der Waals surface area contributed by atoms with Gasteiger partial charge in [-0.25, -0.2) is 13.6 Å². The number of esters is 1. The number of carbonyl (C=O) groups is 3. The van der Waals surface area contributed by atoms with Crippen LogP contribution in [-0.4, -0.2) is 60.4 Å². The van der Waals surface area contributed by atoms with Crippen LogP contribution in [0.1, 0.15) is 47.7 Å². The number of anilines is 1. The number of amides is 2. The van der Waals surface area contributed by atoms with Gasteiger partial charge in [0.25, 0.3) is 5.91 Å². The molecule has 5 rings (SSSR count). The average Bonchev–Trinajstić information content (AvgIpc) is 2.99. The SMILES string of the molecule is CCOC(=O)C1=C(C)N(Cc2ccc(C(=O)N3CCN(c4ccccc4F)CC3)cc2)C(=O)CC1c1ccccc1F. The molecule has 2 aliphatic heterocycles. The van der Waals surface area contributed by atoms with Crippen LogP contribution in [0.2, 0.25) is 0 Å². The summed E-state index contributed by atoms with van der Waals surface area (Å²) in [5.41, 5.74) is 2.80. The number of carbonyl (C=O) groups excluding carboxylic acids is 3. The third kappa shape index (κ3) is 5.91. The molecule has 0 aliphatic carbocycles. The van der Waals surface area contributed by atoms with Crippen molar-refractivity contribution in [1.29, 1.82) is 0 Å². The van der Waals surface area contributed by atoms with Gasteiger partial charge in [-0.05, 0) is 55.3 Å². The Hall–Kier alpha value is -4.53. The van der Waals surface area contributed by atoms with Crippen LogP contribution in [-0.2, 0) is 20.9 Å². The molecule has 9 heteroatoms. The average molecular weight is 574 g/mol. The largest absolute Gasteiger partial charge is 0.463 e. The van der Waals surface area contributed by atoms with Crippen molar-refractivity contribution in [2.45, 2.75) is 32.7 Å². The highest BCUT2D eigenvalue weighted by Gasteiger charge is 2.38. The monoisotopic (exact) mass is 573 g/mol. The first-order chi connectivity index (χ1) is 20.3. The van der Waals surface area contributed by atoms with E-state index in [1.54, 1.807) is 79.4 Å². The van der Waals surface area contributed by atoms with Gasteiger partial charge in [-0.2, -0.15) is 0 Å².